The van der Waals surface area contributed by atoms with E-state index in [1.807, 2.05) is 30.3 Å². The van der Waals surface area contributed by atoms with Gasteiger partial charge in [0.15, 0.2) is 5.78 Å². The van der Waals surface area contributed by atoms with Crippen LogP contribution in [-0.2, 0) is 0 Å². The number of carbonyl (C=O) groups is 1. The molecule has 1 saturated heterocycles. The van der Waals surface area contributed by atoms with Crippen LogP contribution < -0.4 is 4.74 Å². The van der Waals surface area contributed by atoms with Gasteiger partial charge in [0.2, 0.25) is 0 Å². The molecule has 2 aliphatic rings. The monoisotopic (exact) mass is 449 g/mol. The zero-order valence-corrected chi connectivity index (χ0v) is 19.3. The molecule has 5 heteroatoms. The van der Waals surface area contributed by atoms with Gasteiger partial charge in [-0.2, -0.15) is 0 Å². The summed E-state index contributed by atoms with van der Waals surface area (Å²) in [7, 11) is 0. The summed E-state index contributed by atoms with van der Waals surface area (Å²) in [5, 5.41) is 10.9. The molecule has 1 N–H and O–H groups in total. The molecule has 4 nitrogen and oxygen atoms in total. The average molecular weight is 450 g/mol. The van der Waals surface area contributed by atoms with Crippen molar-refractivity contribution in [3.63, 3.8) is 0 Å². The highest BCUT2D eigenvalue weighted by Gasteiger charge is 2.27. The van der Waals surface area contributed by atoms with Crippen LogP contribution in [0, 0.1) is 0 Å². The Balaban J connectivity index is 1.34. The van der Waals surface area contributed by atoms with E-state index >= 15 is 0 Å². The van der Waals surface area contributed by atoms with Crippen LogP contribution in [0.2, 0.25) is 0 Å². The number of thiophene rings is 1. The third-order valence-electron chi connectivity index (χ3n) is 6.90. The number of hydrogen-bond acceptors (Lipinski definition) is 5. The molecular weight excluding hydrogens is 418 g/mol. The number of likely N-dealkylation sites (tertiary alicyclic amines) is 1. The number of fused-ring (bicyclic) bond motifs is 1. The van der Waals surface area contributed by atoms with Crippen LogP contribution in [0.5, 0.6) is 11.5 Å². The topological polar surface area (TPSA) is 49.8 Å². The van der Waals surface area contributed by atoms with Crippen molar-refractivity contribution in [1.82, 2.24) is 4.90 Å². The molecule has 2 heterocycles. The van der Waals surface area contributed by atoms with Gasteiger partial charge in [0.05, 0.1) is 0 Å². The molecule has 2 fully saturated rings. The van der Waals surface area contributed by atoms with Crippen molar-refractivity contribution >= 4 is 27.2 Å². The number of hydrogen-bond donors (Lipinski definition) is 1. The van der Waals surface area contributed by atoms with Gasteiger partial charge < -0.3 is 9.84 Å². The first kappa shape index (κ1) is 21.5. The zero-order valence-electron chi connectivity index (χ0n) is 18.5. The molecule has 0 bridgehead atoms. The Morgan fingerprint density at radius 3 is 2.50 bits per heavy atom. The molecule has 5 rings (SSSR count). The van der Waals surface area contributed by atoms with Gasteiger partial charge in [0.1, 0.15) is 18.1 Å². The fourth-order valence-electron chi connectivity index (χ4n) is 5.14. The van der Waals surface area contributed by atoms with Crippen LogP contribution >= 0.6 is 11.3 Å². The van der Waals surface area contributed by atoms with E-state index in [-0.39, 0.29) is 11.5 Å². The number of aromatic hydroxyl groups is 1. The van der Waals surface area contributed by atoms with Crippen LogP contribution in [0.3, 0.4) is 0 Å². The van der Waals surface area contributed by atoms with Crippen molar-refractivity contribution in [3.8, 4) is 11.5 Å². The van der Waals surface area contributed by atoms with E-state index in [2.05, 4.69) is 4.90 Å². The van der Waals surface area contributed by atoms with Gasteiger partial charge in [-0.05, 0) is 87.2 Å². The Bertz CT molecular complexity index is 1080. The highest BCUT2D eigenvalue weighted by molar-refractivity contribution is 7.19. The van der Waals surface area contributed by atoms with E-state index in [0.29, 0.717) is 18.1 Å². The van der Waals surface area contributed by atoms with Gasteiger partial charge >= 0.3 is 0 Å². The lowest BCUT2D eigenvalue weighted by atomic mass is 9.94. The van der Waals surface area contributed by atoms with Crippen LogP contribution in [0.4, 0.5) is 0 Å². The summed E-state index contributed by atoms with van der Waals surface area (Å²) >= 11 is 1.68. The summed E-state index contributed by atoms with van der Waals surface area (Å²) in [5.74, 6) is 1.59. The minimum absolute atomic E-state index is 0.0729. The Labute approximate surface area is 193 Å². The Morgan fingerprint density at radius 2 is 1.75 bits per heavy atom. The summed E-state index contributed by atoms with van der Waals surface area (Å²) < 4.78 is 6.94. The summed E-state index contributed by atoms with van der Waals surface area (Å²) in [5.41, 5.74) is 1.52. The predicted molar refractivity (Wildman–Crippen MR) is 130 cm³/mol. The van der Waals surface area contributed by atoms with E-state index in [4.69, 9.17) is 4.74 Å². The molecule has 1 aliphatic heterocycles. The molecule has 168 valence electrons. The minimum Gasteiger partial charge on any atom is -0.508 e. The lowest BCUT2D eigenvalue weighted by Crippen LogP contribution is -2.33. The van der Waals surface area contributed by atoms with E-state index in [1.54, 1.807) is 23.5 Å². The van der Waals surface area contributed by atoms with Crippen LogP contribution in [0.1, 0.15) is 71.7 Å². The number of phenolic OH excluding ortho intramolecular Hbond substituents is 1. The highest BCUT2D eigenvalue weighted by atomic mass is 32.1. The van der Waals surface area contributed by atoms with Crippen molar-refractivity contribution < 1.29 is 14.6 Å². The zero-order chi connectivity index (χ0) is 21.9. The fourth-order valence-corrected chi connectivity index (χ4v) is 6.54. The number of carbonyl (C=O) groups excluding carboxylic acids is 1. The van der Waals surface area contributed by atoms with Crippen LogP contribution in [0.25, 0.3) is 10.1 Å². The number of piperidine rings is 1. The van der Waals surface area contributed by atoms with Crippen molar-refractivity contribution in [3.05, 3.63) is 58.5 Å². The Morgan fingerprint density at radius 1 is 1.00 bits per heavy atom. The average Bonchev–Trinajstić information content (AvgIpc) is 3.47. The summed E-state index contributed by atoms with van der Waals surface area (Å²) in [4.78, 5) is 17.3. The maximum absolute atomic E-state index is 13.6. The number of nitrogens with zero attached hydrogens (tertiary/aromatic N) is 1. The molecule has 0 atom stereocenters. The first-order chi connectivity index (χ1) is 15.7. The fraction of sp³-hybridized carbons (Fsp3) is 0.444. The molecule has 0 amide bonds. The number of ether oxygens (including phenoxy) is 1. The number of phenols is 1. The Hall–Kier alpha value is -2.37. The second kappa shape index (κ2) is 9.63. The van der Waals surface area contributed by atoms with Crippen molar-refractivity contribution in [2.75, 3.05) is 26.2 Å². The van der Waals surface area contributed by atoms with Gasteiger partial charge in [-0.15, -0.1) is 11.3 Å². The van der Waals surface area contributed by atoms with Crippen LogP contribution in [0.15, 0.2) is 42.5 Å². The first-order valence-corrected chi connectivity index (χ1v) is 12.8. The van der Waals surface area contributed by atoms with Gasteiger partial charge in [-0.25, -0.2) is 0 Å². The predicted octanol–water partition coefficient (Wildman–Crippen LogP) is 6.36. The maximum Gasteiger partial charge on any atom is 0.194 e. The Kier molecular flexibility index (Phi) is 6.47. The largest absolute Gasteiger partial charge is 0.508 e. The number of benzene rings is 2. The summed E-state index contributed by atoms with van der Waals surface area (Å²) in [6, 6.07) is 13.0. The molecule has 2 aromatic carbocycles. The summed E-state index contributed by atoms with van der Waals surface area (Å²) in [6.07, 6.45) is 8.65. The van der Waals surface area contributed by atoms with E-state index in [9.17, 15) is 9.90 Å². The van der Waals surface area contributed by atoms with E-state index in [0.717, 1.165) is 40.8 Å². The van der Waals surface area contributed by atoms with E-state index in [1.165, 1.54) is 50.1 Å². The van der Waals surface area contributed by atoms with Crippen LogP contribution in [-0.4, -0.2) is 42.0 Å². The third kappa shape index (κ3) is 4.55. The van der Waals surface area contributed by atoms with E-state index < -0.39 is 0 Å². The molecule has 1 aliphatic carbocycles. The molecule has 1 saturated carbocycles. The van der Waals surface area contributed by atoms with Crippen molar-refractivity contribution in [1.29, 1.82) is 0 Å². The first-order valence-electron chi connectivity index (χ1n) is 11.9. The number of ketones is 1. The van der Waals surface area contributed by atoms with Gasteiger partial charge in [0.25, 0.3) is 0 Å². The molecule has 0 spiro atoms. The maximum atomic E-state index is 13.6. The van der Waals surface area contributed by atoms with Gasteiger partial charge in [-0.3, -0.25) is 9.69 Å². The molecule has 32 heavy (non-hydrogen) atoms. The minimum atomic E-state index is 0.0729. The molecular formula is C27H31NO3S. The lowest BCUT2D eigenvalue weighted by molar-refractivity contribution is 0.103. The molecule has 3 aromatic rings. The quantitative estimate of drug-likeness (QED) is 0.426. The SMILES string of the molecule is O=C(c1ccc(OCCN2CCCCC2)cc1)c1c(C2CCCC2)sc2cc(O)ccc12. The van der Waals surface area contributed by atoms with Crippen molar-refractivity contribution in [2.24, 2.45) is 0 Å². The molecule has 0 unspecified atom stereocenters. The number of rotatable bonds is 7. The van der Waals surface area contributed by atoms with Crippen molar-refractivity contribution in [2.45, 2.75) is 50.9 Å². The normalized spacial score (nSPS) is 17.8. The standard InChI is InChI=1S/C27H31NO3S/c29-21-10-13-23-24(18-21)32-27(20-6-2-3-7-20)25(23)26(30)19-8-11-22(12-9-19)31-17-16-28-14-4-1-5-15-28/h8-13,18,20,29H,1-7,14-17H2. The second-order valence-electron chi connectivity index (χ2n) is 9.11. The second-order valence-corrected chi connectivity index (χ2v) is 10.2. The van der Waals surface area contributed by atoms with Gasteiger partial charge in [0, 0.05) is 32.6 Å². The summed E-state index contributed by atoms with van der Waals surface area (Å²) in [6.45, 7) is 3.98. The highest BCUT2D eigenvalue weighted by Crippen LogP contribution is 2.44. The smallest absolute Gasteiger partial charge is 0.194 e. The molecule has 0 radical (unpaired) electrons. The van der Waals surface area contributed by atoms with Gasteiger partial charge in [-0.1, -0.05) is 19.3 Å². The third-order valence-corrected chi connectivity index (χ3v) is 8.21. The molecule has 1 aromatic heterocycles. The lowest BCUT2D eigenvalue weighted by Gasteiger charge is -2.26.